The van der Waals surface area contributed by atoms with E-state index in [0.717, 1.165) is 11.1 Å². The van der Waals surface area contributed by atoms with Crippen molar-refractivity contribution in [1.29, 1.82) is 0 Å². The Morgan fingerprint density at radius 1 is 1.14 bits per heavy atom. The molecule has 0 aliphatic carbocycles. The largest absolute Gasteiger partial charge is 0.379 e. The second-order valence-corrected chi connectivity index (χ2v) is 6.73. The average molecular weight is 427 g/mol. The van der Waals surface area contributed by atoms with E-state index in [2.05, 4.69) is 5.32 Å². The minimum absolute atomic E-state index is 0. The Balaban J connectivity index is 0.00000300. The van der Waals surface area contributed by atoms with Gasteiger partial charge in [0.15, 0.2) is 0 Å². The Bertz CT molecular complexity index is 923. The highest BCUT2D eigenvalue weighted by Gasteiger charge is 2.31. The number of ether oxygens (including phenoxy) is 2. The highest BCUT2D eigenvalue weighted by Crippen LogP contribution is 2.25. The van der Waals surface area contributed by atoms with Crippen molar-refractivity contribution in [1.82, 2.24) is 14.5 Å². The van der Waals surface area contributed by atoms with E-state index in [1.807, 2.05) is 18.2 Å². The Labute approximate surface area is 174 Å². The van der Waals surface area contributed by atoms with Gasteiger partial charge >= 0.3 is 5.69 Å². The number of para-hydroxylation sites is 1. The molecule has 10 heteroatoms. The van der Waals surface area contributed by atoms with Gasteiger partial charge in [-0.2, -0.15) is 0 Å². The minimum Gasteiger partial charge on any atom is -0.379 e. The third-order valence-corrected chi connectivity index (χ3v) is 4.86. The quantitative estimate of drug-likeness (QED) is 0.439. The van der Waals surface area contributed by atoms with E-state index in [1.165, 1.54) is 4.57 Å². The van der Waals surface area contributed by atoms with Crippen LogP contribution in [0.15, 0.2) is 23.0 Å². The number of amides is 2. The zero-order valence-corrected chi connectivity index (χ0v) is 17.2. The highest BCUT2D eigenvalue weighted by molar-refractivity contribution is 6.00. The van der Waals surface area contributed by atoms with E-state index in [0.29, 0.717) is 51.3 Å². The van der Waals surface area contributed by atoms with Crippen LogP contribution >= 0.6 is 12.4 Å². The number of benzene rings is 1. The average Bonchev–Trinajstić information content (AvgIpc) is 2.93. The van der Waals surface area contributed by atoms with Gasteiger partial charge in [0.1, 0.15) is 6.04 Å². The zero-order chi connectivity index (χ0) is 20.1. The molecule has 9 nitrogen and oxygen atoms in total. The van der Waals surface area contributed by atoms with Gasteiger partial charge in [0.05, 0.1) is 37.5 Å². The lowest BCUT2D eigenvalue weighted by Gasteiger charge is -2.21. The van der Waals surface area contributed by atoms with Crippen LogP contribution < -0.4 is 16.7 Å². The summed E-state index contributed by atoms with van der Waals surface area (Å²) >= 11 is 0. The van der Waals surface area contributed by atoms with Crippen LogP contribution in [0.1, 0.15) is 24.4 Å². The van der Waals surface area contributed by atoms with Crippen LogP contribution in [-0.2, 0) is 32.5 Å². The molecule has 0 bridgehead atoms. The standard InChI is InChI=1S/C19H26N4O5.ClH/c1-22-17-13(7-9-27-11-12-28-10-8-20)3-2-4-14(17)23(19(22)26)15-5-6-16(24)21-18(15)25;/h2-4,15H,5-12,20H2,1H3,(H,21,24,25);1H. The molecule has 0 saturated carbocycles. The second-order valence-electron chi connectivity index (χ2n) is 6.73. The summed E-state index contributed by atoms with van der Waals surface area (Å²) in [5.41, 5.74) is 7.52. The third kappa shape index (κ3) is 5.05. The normalized spacial score (nSPS) is 16.7. The maximum absolute atomic E-state index is 12.8. The van der Waals surface area contributed by atoms with Crippen molar-refractivity contribution in [2.45, 2.75) is 25.3 Å². The van der Waals surface area contributed by atoms with E-state index in [4.69, 9.17) is 15.2 Å². The van der Waals surface area contributed by atoms with Crippen molar-refractivity contribution in [2.24, 2.45) is 12.8 Å². The smallest absolute Gasteiger partial charge is 0.329 e. The van der Waals surface area contributed by atoms with Crippen LogP contribution in [0.4, 0.5) is 0 Å². The molecule has 2 amide bonds. The number of imidazole rings is 1. The van der Waals surface area contributed by atoms with Crippen LogP contribution in [0, 0.1) is 0 Å². The van der Waals surface area contributed by atoms with Gasteiger partial charge in [0, 0.05) is 20.0 Å². The molecule has 0 spiro atoms. The first-order chi connectivity index (χ1) is 13.5. The molecule has 2 heterocycles. The Hall–Kier alpha value is -2.20. The number of hydrogen-bond acceptors (Lipinski definition) is 6. The fourth-order valence-electron chi connectivity index (χ4n) is 3.54. The number of imide groups is 1. The SMILES string of the molecule is Cl.Cn1c(=O)n(C2CCC(=O)NC2=O)c2cccc(CCOCCOCCN)c21. The Kier molecular flexibility index (Phi) is 8.39. The molecule has 29 heavy (non-hydrogen) atoms. The van der Waals surface area contributed by atoms with E-state index >= 15 is 0 Å². The van der Waals surface area contributed by atoms with E-state index in [-0.39, 0.29) is 30.4 Å². The predicted octanol–water partition coefficient (Wildman–Crippen LogP) is 0.274. The van der Waals surface area contributed by atoms with Crippen LogP contribution in [0.5, 0.6) is 0 Å². The van der Waals surface area contributed by atoms with E-state index in [9.17, 15) is 14.4 Å². The molecule has 1 aliphatic rings. The van der Waals surface area contributed by atoms with Crippen LogP contribution in [-0.4, -0.2) is 53.9 Å². The second kappa shape index (κ2) is 10.5. The van der Waals surface area contributed by atoms with Gasteiger partial charge in [-0.15, -0.1) is 12.4 Å². The number of nitrogens with zero attached hydrogens (tertiary/aromatic N) is 2. The molecule has 3 N–H and O–H groups in total. The molecule has 1 aromatic carbocycles. The molecular weight excluding hydrogens is 400 g/mol. The first-order valence-corrected chi connectivity index (χ1v) is 9.42. The fraction of sp³-hybridized carbons (Fsp3) is 0.526. The number of aryl methyl sites for hydroxylation is 1. The predicted molar refractivity (Wildman–Crippen MR) is 110 cm³/mol. The van der Waals surface area contributed by atoms with Gasteiger partial charge in [-0.25, -0.2) is 4.79 Å². The summed E-state index contributed by atoms with van der Waals surface area (Å²) in [6, 6.07) is 4.96. The molecule has 160 valence electrons. The minimum atomic E-state index is -0.680. The van der Waals surface area contributed by atoms with Crippen LogP contribution in [0.2, 0.25) is 0 Å². The molecule has 3 rings (SSSR count). The Morgan fingerprint density at radius 3 is 2.55 bits per heavy atom. The van der Waals surface area contributed by atoms with Crippen molar-refractivity contribution in [3.05, 3.63) is 34.2 Å². The summed E-state index contributed by atoms with van der Waals surface area (Å²) in [6.45, 7) is 2.46. The van der Waals surface area contributed by atoms with Crippen molar-refractivity contribution in [3.8, 4) is 0 Å². The van der Waals surface area contributed by atoms with Crippen molar-refractivity contribution < 1.29 is 19.1 Å². The number of halogens is 1. The topological polar surface area (TPSA) is 118 Å². The first kappa shape index (κ1) is 23.1. The monoisotopic (exact) mass is 426 g/mol. The van der Waals surface area contributed by atoms with Gasteiger partial charge in [-0.1, -0.05) is 12.1 Å². The number of aromatic nitrogens is 2. The molecule has 1 unspecified atom stereocenters. The summed E-state index contributed by atoms with van der Waals surface area (Å²) in [5, 5.41) is 2.32. The number of carbonyl (C=O) groups excluding carboxylic acids is 2. The van der Waals surface area contributed by atoms with E-state index < -0.39 is 11.9 Å². The molecule has 1 saturated heterocycles. The number of nitrogens with two attached hydrogens (primary N) is 1. The molecular formula is C19H27ClN4O5. The summed E-state index contributed by atoms with van der Waals surface area (Å²) in [4.78, 5) is 36.6. The third-order valence-electron chi connectivity index (χ3n) is 4.86. The maximum Gasteiger partial charge on any atom is 0.329 e. The number of rotatable bonds is 9. The van der Waals surface area contributed by atoms with Crippen molar-refractivity contribution in [3.63, 3.8) is 0 Å². The molecule has 1 aliphatic heterocycles. The molecule has 2 aromatic rings. The van der Waals surface area contributed by atoms with Gasteiger partial charge in [0.25, 0.3) is 0 Å². The Morgan fingerprint density at radius 2 is 1.86 bits per heavy atom. The lowest BCUT2D eigenvalue weighted by atomic mass is 10.1. The van der Waals surface area contributed by atoms with Crippen molar-refractivity contribution >= 4 is 35.3 Å². The van der Waals surface area contributed by atoms with Gasteiger partial charge in [0.2, 0.25) is 11.8 Å². The first-order valence-electron chi connectivity index (χ1n) is 9.42. The summed E-state index contributed by atoms with van der Waals surface area (Å²) in [6.07, 6.45) is 1.17. The zero-order valence-electron chi connectivity index (χ0n) is 16.4. The number of nitrogens with one attached hydrogen (secondary N) is 1. The van der Waals surface area contributed by atoms with Crippen molar-refractivity contribution in [2.75, 3.05) is 33.0 Å². The molecule has 0 radical (unpaired) electrons. The van der Waals surface area contributed by atoms with Crippen LogP contribution in [0.3, 0.4) is 0 Å². The van der Waals surface area contributed by atoms with Crippen LogP contribution in [0.25, 0.3) is 11.0 Å². The summed E-state index contributed by atoms with van der Waals surface area (Å²) in [7, 11) is 1.69. The molecule has 1 fully saturated rings. The number of carbonyl (C=O) groups is 2. The lowest BCUT2D eigenvalue weighted by molar-refractivity contribution is -0.135. The van der Waals surface area contributed by atoms with Gasteiger partial charge in [-0.05, 0) is 24.5 Å². The van der Waals surface area contributed by atoms with Gasteiger partial charge < -0.3 is 15.2 Å². The van der Waals surface area contributed by atoms with E-state index in [1.54, 1.807) is 11.6 Å². The maximum atomic E-state index is 12.8. The number of hydrogen-bond donors (Lipinski definition) is 2. The molecule has 1 atom stereocenters. The fourth-order valence-corrected chi connectivity index (χ4v) is 3.54. The lowest BCUT2D eigenvalue weighted by Crippen LogP contribution is -2.44. The van der Waals surface area contributed by atoms with Gasteiger partial charge in [-0.3, -0.25) is 24.0 Å². The number of piperidine rings is 1. The molecule has 1 aromatic heterocycles. The number of fused-ring (bicyclic) bond motifs is 1. The summed E-state index contributed by atoms with van der Waals surface area (Å²) in [5.74, 6) is -0.736. The summed E-state index contributed by atoms with van der Waals surface area (Å²) < 4.78 is 13.9. The highest BCUT2D eigenvalue weighted by atomic mass is 35.5.